The number of nitrogens with one attached hydrogen (secondary N) is 1. The van der Waals surface area contributed by atoms with Gasteiger partial charge in [0.15, 0.2) is 0 Å². The highest BCUT2D eigenvalue weighted by atomic mass is 35.5. The third kappa shape index (κ3) is 3.45. The third-order valence-electron chi connectivity index (χ3n) is 3.17. The molecule has 1 nitrogen and oxygen atoms in total. The summed E-state index contributed by atoms with van der Waals surface area (Å²) in [5, 5.41) is 5.88. The molecule has 92 valence electrons. The second-order valence-electron chi connectivity index (χ2n) is 4.40. The maximum absolute atomic E-state index is 3.21. The van der Waals surface area contributed by atoms with Gasteiger partial charge in [-0.3, -0.25) is 0 Å². The Balaban J connectivity index is 0.00000144. The number of hydrogen-bond donors (Lipinski definition) is 1. The van der Waals surface area contributed by atoms with Crippen molar-refractivity contribution in [2.45, 2.75) is 19.3 Å². The van der Waals surface area contributed by atoms with Gasteiger partial charge in [0.05, 0.1) is 0 Å². The molecule has 0 spiro atoms. The van der Waals surface area contributed by atoms with Crippen molar-refractivity contribution in [3.63, 3.8) is 0 Å². The summed E-state index contributed by atoms with van der Waals surface area (Å²) in [6, 6.07) is 15.3. The molecule has 0 saturated carbocycles. The van der Waals surface area contributed by atoms with Crippen molar-refractivity contribution < 1.29 is 0 Å². The summed E-state index contributed by atoms with van der Waals surface area (Å²) < 4.78 is 0. The average Bonchev–Trinajstić information content (AvgIpc) is 2.35. The van der Waals surface area contributed by atoms with Crippen LogP contribution in [-0.4, -0.2) is 13.6 Å². The van der Waals surface area contributed by atoms with Gasteiger partial charge in [-0.15, -0.1) is 12.4 Å². The van der Waals surface area contributed by atoms with E-state index < -0.39 is 0 Å². The quantitative estimate of drug-likeness (QED) is 0.865. The van der Waals surface area contributed by atoms with Crippen LogP contribution in [0.4, 0.5) is 0 Å². The molecular formula is C15H20ClN. The summed E-state index contributed by atoms with van der Waals surface area (Å²) in [6.07, 6.45) is 1.19. The van der Waals surface area contributed by atoms with E-state index in [1.165, 1.54) is 22.8 Å². The minimum atomic E-state index is 0. The van der Waals surface area contributed by atoms with Crippen LogP contribution in [0, 0.1) is 0 Å². The molecule has 1 N–H and O–H groups in total. The number of rotatable bonds is 4. The Morgan fingerprint density at radius 3 is 2.47 bits per heavy atom. The normalized spacial score (nSPS) is 12.1. The first-order valence-electron chi connectivity index (χ1n) is 5.94. The lowest BCUT2D eigenvalue weighted by atomic mass is 9.95. The van der Waals surface area contributed by atoms with E-state index in [-0.39, 0.29) is 12.4 Å². The van der Waals surface area contributed by atoms with E-state index in [2.05, 4.69) is 54.7 Å². The van der Waals surface area contributed by atoms with E-state index in [0.717, 1.165) is 6.54 Å². The highest BCUT2D eigenvalue weighted by Gasteiger charge is 2.05. The first-order chi connectivity index (χ1) is 7.81. The lowest BCUT2D eigenvalue weighted by Gasteiger charge is -2.12. The summed E-state index contributed by atoms with van der Waals surface area (Å²) in [5.41, 5.74) is 1.44. The lowest BCUT2D eigenvalue weighted by molar-refractivity contribution is 0.637. The standard InChI is InChI=1S/C15H19N.ClH/c1-12(9-10-16-2)14-8-7-13-5-3-4-6-15(13)11-14;/h3-8,11-12,16H,9-10H2,1-2H3;1H. The number of halogens is 1. The molecule has 0 heterocycles. The van der Waals surface area contributed by atoms with Gasteiger partial charge in [0.25, 0.3) is 0 Å². The minimum Gasteiger partial charge on any atom is -0.320 e. The Bertz CT molecular complexity index is 467. The minimum absolute atomic E-state index is 0. The zero-order chi connectivity index (χ0) is 11.4. The van der Waals surface area contributed by atoms with Gasteiger partial charge in [0.2, 0.25) is 0 Å². The molecule has 2 aromatic rings. The molecule has 0 amide bonds. The first kappa shape index (κ1) is 14.0. The maximum Gasteiger partial charge on any atom is -0.00462 e. The van der Waals surface area contributed by atoms with Crippen molar-refractivity contribution in [2.24, 2.45) is 0 Å². The van der Waals surface area contributed by atoms with Crippen molar-refractivity contribution in [1.29, 1.82) is 0 Å². The Morgan fingerprint density at radius 2 is 1.76 bits per heavy atom. The van der Waals surface area contributed by atoms with E-state index in [4.69, 9.17) is 0 Å². The summed E-state index contributed by atoms with van der Waals surface area (Å²) in [6.45, 7) is 3.37. The second-order valence-corrected chi connectivity index (χ2v) is 4.40. The maximum atomic E-state index is 3.21. The van der Waals surface area contributed by atoms with Crippen LogP contribution >= 0.6 is 12.4 Å². The smallest absolute Gasteiger partial charge is 0.00462 e. The van der Waals surface area contributed by atoms with E-state index >= 15 is 0 Å². The fourth-order valence-corrected chi connectivity index (χ4v) is 2.04. The van der Waals surface area contributed by atoms with Gasteiger partial charge in [-0.25, -0.2) is 0 Å². The summed E-state index contributed by atoms with van der Waals surface area (Å²) in [4.78, 5) is 0. The number of benzene rings is 2. The Morgan fingerprint density at radius 1 is 1.06 bits per heavy atom. The highest BCUT2D eigenvalue weighted by Crippen LogP contribution is 2.23. The van der Waals surface area contributed by atoms with Gasteiger partial charge < -0.3 is 5.32 Å². The molecular weight excluding hydrogens is 230 g/mol. The molecule has 1 atom stereocenters. The van der Waals surface area contributed by atoms with Gasteiger partial charge in [-0.2, -0.15) is 0 Å². The van der Waals surface area contributed by atoms with Gasteiger partial charge in [-0.05, 0) is 42.3 Å². The van der Waals surface area contributed by atoms with Crippen LogP contribution < -0.4 is 5.32 Å². The summed E-state index contributed by atoms with van der Waals surface area (Å²) in [7, 11) is 2.01. The van der Waals surface area contributed by atoms with E-state index in [0.29, 0.717) is 5.92 Å². The third-order valence-corrected chi connectivity index (χ3v) is 3.17. The summed E-state index contributed by atoms with van der Waals surface area (Å²) >= 11 is 0. The van der Waals surface area contributed by atoms with Crippen molar-refractivity contribution >= 4 is 23.2 Å². The zero-order valence-corrected chi connectivity index (χ0v) is 11.3. The second kappa shape index (κ2) is 6.63. The van der Waals surface area contributed by atoms with Crippen molar-refractivity contribution in [3.8, 4) is 0 Å². The highest BCUT2D eigenvalue weighted by molar-refractivity contribution is 5.85. The fourth-order valence-electron chi connectivity index (χ4n) is 2.04. The summed E-state index contributed by atoms with van der Waals surface area (Å²) in [5.74, 6) is 0.622. The average molecular weight is 250 g/mol. The van der Waals surface area contributed by atoms with E-state index in [9.17, 15) is 0 Å². The van der Waals surface area contributed by atoms with Crippen molar-refractivity contribution in [1.82, 2.24) is 5.32 Å². The van der Waals surface area contributed by atoms with Crippen LogP contribution in [0.25, 0.3) is 10.8 Å². The Kier molecular flexibility index (Phi) is 5.46. The van der Waals surface area contributed by atoms with Gasteiger partial charge in [-0.1, -0.05) is 49.4 Å². The van der Waals surface area contributed by atoms with Crippen LogP contribution in [0.1, 0.15) is 24.8 Å². The number of hydrogen-bond acceptors (Lipinski definition) is 1. The zero-order valence-electron chi connectivity index (χ0n) is 10.4. The Hall–Kier alpha value is -1.05. The van der Waals surface area contributed by atoms with Crippen LogP contribution in [0.3, 0.4) is 0 Å². The van der Waals surface area contributed by atoms with Crippen LogP contribution in [0.15, 0.2) is 42.5 Å². The molecule has 17 heavy (non-hydrogen) atoms. The predicted molar refractivity (Wildman–Crippen MR) is 78.2 cm³/mol. The van der Waals surface area contributed by atoms with E-state index in [1.54, 1.807) is 0 Å². The molecule has 0 aromatic heterocycles. The van der Waals surface area contributed by atoms with Crippen LogP contribution in [0.5, 0.6) is 0 Å². The molecule has 0 radical (unpaired) electrons. The molecule has 0 fully saturated rings. The predicted octanol–water partition coefficient (Wildman–Crippen LogP) is 3.97. The topological polar surface area (TPSA) is 12.0 Å². The molecule has 2 heteroatoms. The van der Waals surface area contributed by atoms with Crippen LogP contribution in [0.2, 0.25) is 0 Å². The molecule has 0 aliphatic carbocycles. The molecule has 0 bridgehead atoms. The fraction of sp³-hybridized carbons (Fsp3) is 0.333. The van der Waals surface area contributed by atoms with Gasteiger partial charge in [0, 0.05) is 0 Å². The molecule has 0 saturated heterocycles. The van der Waals surface area contributed by atoms with Crippen molar-refractivity contribution in [2.75, 3.05) is 13.6 Å². The lowest BCUT2D eigenvalue weighted by Crippen LogP contribution is -2.10. The largest absolute Gasteiger partial charge is 0.320 e. The molecule has 0 aliphatic heterocycles. The Labute approximate surface area is 110 Å². The SMILES string of the molecule is CNCCC(C)c1ccc2ccccc2c1.Cl. The van der Waals surface area contributed by atoms with Gasteiger partial charge >= 0.3 is 0 Å². The molecule has 2 aromatic carbocycles. The van der Waals surface area contributed by atoms with Gasteiger partial charge in [0.1, 0.15) is 0 Å². The van der Waals surface area contributed by atoms with Crippen molar-refractivity contribution in [3.05, 3.63) is 48.0 Å². The monoisotopic (exact) mass is 249 g/mol. The van der Waals surface area contributed by atoms with E-state index in [1.807, 2.05) is 7.05 Å². The van der Waals surface area contributed by atoms with Crippen LogP contribution in [-0.2, 0) is 0 Å². The molecule has 2 rings (SSSR count). The molecule has 1 unspecified atom stereocenters. The first-order valence-corrected chi connectivity index (χ1v) is 5.94. The number of fused-ring (bicyclic) bond motifs is 1. The molecule has 0 aliphatic rings.